The first-order valence-electron chi connectivity index (χ1n) is 9.54. The third-order valence-electron chi connectivity index (χ3n) is 4.58. The van der Waals surface area contributed by atoms with Gasteiger partial charge in [-0.2, -0.15) is 18.4 Å². The number of hydrogen-bond acceptors (Lipinski definition) is 5. The van der Waals surface area contributed by atoms with E-state index in [-0.39, 0.29) is 24.4 Å². The van der Waals surface area contributed by atoms with Crippen molar-refractivity contribution >= 4 is 17.2 Å². The molecule has 0 aliphatic carbocycles. The average molecular weight is 439 g/mol. The van der Waals surface area contributed by atoms with Gasteiger partial charge in [-0.25, -0.2) is 4.98 Å². The fraction of sp³-hybridized carbons (Fsp3) is 0.476. The zero-order chi connectivity index (χ0) is 22.5. The molecular formula is C21H25F3N4OS. The first-order chi connectivity index (χ1) is 14.0. The van der Waals surface area contributed by atoms with E-state index in [9.17, 15) is 18.0 Å². The maximum atomic E-state index is 13.8. The quantitative estimate of drug-likeness (QED) is 0.587. The molecule has 0 radical (unpaired) electrons. The molecule has 30 heavy (non-hydrogen) atoms. The van der Waals surface area contributed by atoms with Crippen LogP contribution in [0.15, 0.2) is 24.3 Å². The highest BCUT2D eigenvalue weighted by Gasteiger charge is 2.42. The number of amides is 1. The lowest BCUT2D eigenvalue weighted by molar-refractivity contribution is -0.161. The van der Waals surface area contributed by atoms with Crippen LogP contribution in [0.4, 0.5) is 13.2 Å². The number of halogens is 3. The van der Waals surface area contributed by atoms with Gasteiger partial charge in [-0.15, -0.1) is 11.3 Å². The van der Waals surface area contributed by atoms with E-state index in [1.54, 1.807) is 18.2 Å². The van der Waals surface area contributed by atoms with Gasteiger partial charge in [0.25, 0.3) is 0 Å². The Balaban J connectivity index is 2.29. The minimum absolute atomic E-state index is 0.0111. The number of aromatic nitrogens is 1. The first-order valence-corrected chi connectivity index (χ1v) is 10.4. The van der Waals surface area contributed by atoms with Crippen LogP contribution < -0.4 is 10.6 Å². The van der Waals surface area contributed by atoms with Crippen molar-refractivity contribution < 1.29 is 18.0 Å². The van der Waals surface area contributed by atoms with Crippen LogP contribution >= 0.6 is 11.3 Å². The Kier molecular flexibility index (Phi) is 7.98. The van der Waals surface area contributed by atoms with Gasteiger partial charge in [-0.1, -0.05) is 38.1 Å². The SMILES string of the molecule is Cc1nc(-c2ccc([C@H](N[C@@H](CC(C)C)C(=O)NCC#N)C(F)(F)F)cc2)sc1C. The molecular weight excluding hydrogens is 413 g/mol. The van der Waals surface area contributed by atoms with Crippen LogP contribution in [0.2, 0.25) is 0 Å². The van der Waals surface area contributed by atoms with Crippen LogP contribution in [0.1, 0.15) is 42.4 Å². The number of alkyl halides is 3. The van der Waals surface area contributed by atoms with Crippen molar-refractivity contribution in [2.75, 3.05) is 6.54 Å². The highest BCUT2D eigenvalue weighted by Crippen LogP contribution is 2.35. The minimum Gasteiger partial charge on any atom is -0.342 e. The smallest absolute Gasteiger partial charge is 0.342 e. The number of aryl methyl sites for hydroxylation is 2. The molecule has 9 heteroatoms. The van der Waals surface area contributed by atoms with E-state index >= 15 is 0 Å². The molecule has 2 rings (SSSR count). The number of hydrogen-bond donors (Lipinski definition) is 2. The summed E-state index contributed by atoms with van der Waals surface area (Å²) in [7, 11) is 0. The van der Waals surface area contributed by atoms with Crippen molar-refractivity contribution in [2.24, 2.45) is 5.92 Å². The van der Waals surface area contributed by atoms with Gasteiger partial charge in [0, 0.05) is 10.4 Å². The number of carbonyl (C=O) groups excluding carboxylic acids is 1. The van der Waals surface area contributed by atoms with E-state index in [2.05, 4.69) is 15.6 Å². The Morgan fingerprint density at radius 1 is 1.23 bits per heavy atom. The summed E-state index contributed by atoms with van der Waals surface area (Å²) in [6, 6.07) is 4.72. The molecule has 0 spiro atoms. The summed E-state index contributed by atoms with van der Waals surface area (Å²) in [4.78, 5) is 17.8. The number of carbonyl (C=O) groups is 1. The van der Waals surface area contributed by atoms with Crippen molar-refractivity contribution in [3.05, 3.63) is 40.4 Å². The Morgan fingerprint density at radius 2 is 1.87 bits per heavy atom. The number of rotatable bonds is 8. The standard InChI is InChI=1S/C21H25F3N4OS/c1-12(2)11-17(19(29)26-10-9-25)28-18(21(22,23)24)15-5-7-16(8-6-15)20-27-13(3)14(4)30-20/h5-8,12,17-18,28H,10-11H2,1-4H3,(H,26,29)/t17-,18-/m0/s1. The van der Waals surface area contributed by atoms with Gasteiger partial charge >= 0.3 is 6.18 Å². The van der Waals surface area contributed by atoms with E-state index in [1.165, 1.54) is 23.5 Å². The molecule has 1 aromatic heterocycles. The molecule has 1 amide bonds. The summed E-state index contributed by atoms with van der Waals surface area (Å²) in [5, 5.41) is 14.2. The van der Waals surface area contributed by atoms with Gasteiger partial charge in [0.05, 0.1) is 17.8 Å². The number of benzene rings is 1. The Labute approximate surface area is 178 Å². The molecule has 2 aromatic rings. The lowest BCUT2D eigenvalue weighted by Crippen LogP contribution is -2.49. The minimum atomic E-state index is -4.60. The van der Waals surface area contributed by atoms with E-state index in [0.29, 0.717) is 0 Å². The predicted octanol–water partition coefficient (Wildman–Crippen LogP) is 4.67. The number of nitrogens with one attached hydrogen (secondary N) is 2. The summed E-state index contributed by atoms with van der Waals surface area (Å²) in [5.41, 5.74) is 1.65. The van der Waals surface area contributed by atoms with Crippen LogP contribution in [-0.2, 0) is 4.79 Å². The fourth-order valence-electron chi connectivity index (χ4n) is 2.97. The molecule has 0 aliphatic rings. The molecule has 0 saturated carbocycles. The van der Waals surface area contributed by atoms with Crippen LogP contribution in [0, 0.1) is 31.1 Å². The Bertz CT molecular complexity index is 881. The predicted molar refractivity (Wildman–Crippen MR) is 111 cm³/mol. The van der Waals surface area contributed by atoms with E-state index in [1.807, 2.05) is 27.7 Å². The molecule has 1 heterocycles. The maximum Gasteiger partial charge on any atom is 0.407 e. The molecule has 2 N–H and O–H groups in total. The highest BCUT2D eigenvalue weighted by molar-refractivity contribution is 7.15. The second kappa shape index (κ2) is 10.0. The van der Waals surface area contributed by atoms with E-state index in [4.69, 9.17) is 5.26 Å². The number of nitrogens with zero attached hydrogens (tertiary/aromatic N) is 2. The third kappa shape index (κ3) is 6.28. The molecule has 0 aliphatic heterocycles. The normalized spacial score (nSPS) is 13.7. The third-order valence-corrected chi connectivity index (χ3v) is 5.70. The fourth-order valence-corrected chi connectivity index (χ4v) is 3.89. The second-order valence-corrected chi connectivity index (χ2v) is 8.69. The van der Waals surface area contributed by atoms with Crippen LogP contribution in [0.3, 0.4) is 0 Å². The van der Waals surface area contributed by atoms with Crippen molar-refractivity contribution in [2.45, 2.75) is 52.4 Å². The number of nitriles is 1. The summed E-state index contributed by atoms with van der Waals surface area (Å²) in [6.07, 6.45) is -4.39. The lowest BCUT2D eigenvalue weighted by Gasteiger charge is -2.28. The molecule has 0 fully saturated rings. The van der Waals surface area contributed by atoms with Crippen molar-refractivity contribution in [1.82, 2.24) is 15.6 Å². The first kappa shape index (κ1) is 23.8. The molecule has 5 nitrogen and oxygen atoms in total. The second-order valence-electron chi connectivity index (χ2n) is 7.48. The van der Waals surface area contributed by atoms with Gasteiger partial charge in [0.15, 0.2) is 0 Å². The lowest BCUT2D eigenvalue weighted by atomic mass is 9.99. The van der Waals surface area contributed by atoms with E-state index in [0.717, 1.165) is 21.1 Å². The molecule has 0 bridgehead atoms. The molecule has 0 unspecified atom stereocenters. The summed E-state index contributed by atoms with van der Waals surface area (Å²) >= 11 is 1.49. The zero-order valence-corrected chi connectivity index (χ0v) is 18.1. The average Bonchev–Trinajstić information content (AvgIpc) is 3.00. The summed E-state index contributed by atoms with van der Waals surface area (Å²) in [5.74, 6) is -0.632. The van der Waals surface area contributed by atoms with Crippen molar-refractivity contribution in [3.8, 4) is 16.6 Å². The van der Waals surface area contributed by atoms with Crippen molar-refractivity contribution in [1.29, 1.82) is 5.26 Å². The Hall–Kier alpha value is -2.44. The molecule has 162 valence electrons. The van der Waals surface area contributed by atoms with Crippen LogP contribution in [-0.4, -0.2) is 29.7 Å². The Morgan fingerprint density at radius 3 is 2.33 bits per heavy atom. The van der Waals surface area contributed by atoms with E-state index < -0.39 is 24.2 Å². The van der Waals surface area contributed by atoms with Crippen molar-refractivity contribution in [3.63, 3.8) is 0 Å². The highest BCUT2D eigenvalue weighted by atomic mass is 32.1. The topological polar surface area (TPSA) is 77.8 Å². The number of thiazole rings is 1. The van der Waals surface area contributed by atoms with Gasteiger partial charge in [-0.05, 0) is 31.7 Å². The van der Waals surface area contributed by atoms with Gasteiger partial charge < -0.3 is 5.32 Å². The summed E-state index contributed by atoms with van der Waals surface area (Å²) in [6.45, 7) is 7.22. The monoisotopic (exact) mass is 438 g/mol. The molecule has 1 aromatic carbocycles. The largest absolute Gasteiger partial charge is 0.407 e. The summed E-state index contributed by atoms with van der Waals surface area (Å²) < 4.78 is 41.5. The van der Waals surface area contributed by atoms with Gasteiger partial charge in [0.1, 0.15) is 17.6 Å². The maximum absolute atomic E-state index is 13.8. The molecule has 0 saturated heterocycles. The van der Waals surface area contributed by atoms with Gasteiger partial charge in [-0.3, -0.25) is 10.1 Å². The van der Waals surface area contributed by atoms with Gasteiger partial charge in [0.2, 0.25) is 5.91 Å². The molecule has 2 atom stereocenters. The van der Waals surface area contributed by atoms with Crippen LogP contribution in [0.5, 0.6) is 0 Å². The zero-order valence-electron chi connectivity index (χ0n) is 17.3. The van der Waals surface area contributed by atoms with Crippen LogP contribution in [0.25, 0.3) is 10.6 Å².